The summed E-state index contributed by atoms with van der Waals surface area (Å²) in [5.41, 5.74) is 1.31. The molecule has 0 aliphatic carbocycles. The van der Waals surface area contributed by atoms with Crippen LogP contribution >= 0.6 is 0 Å². The van der Waals surface area contributed by atoms with E-state index >= 15 is 0 Å². The van der Waals surface area contributed by atoms with Crippen LogP contribution in [0.5, 0.6) is 0 Å². The summed E-state index contributed by atoms with van der Waals surface area (Å²) in [4.78, 5) is 47.0. The minimum absolute atomic E-state index is 0.0323. The quantitative estimate of drug-likeness (QED) is 0.283. The number of aryl methyl sites for hydroxylation is 2. The summed E-state index contributed by atoms with van der Waals surface area (Å²) in [5, 5.41) is 0.662. The Morgan fingerprint density at radius 3 is 2.74 bits per heavy atom. The summed E-state index contributed by atoms with van der Waals surface area (Å²) in [6, 6.07) is 12.4. The molecule has 0 atom stereocenters. The summed E-state index contributed by atoms with van der Waals surface area (Å²) in [6.07, 6.45) is 3.32. The fourth-order valence-electron chi connectivity index (χ4n) is 3.95. The van der Waals surface area contributed by atoms with E-state index in [9.17, 15) is 14.4 Å². The molecule has 10 nitrogen and oxygen atoms in total. The van der Waals surface area contributed by atoms with Crippen molar-refractivity contribution in [2.24, 2.45) is 14.1 Å². The predicted molar refractivity (Wildman–Crippen MR) is 125 cm³/mol. The van der Waals surface area contributed by atoms with Crippen LogP contribution in [-0.4, -0.2) is 36.2 Å². The van der Waals surface area contributed by atoms with Gasteiger partial charge in [0.25, 0.3) is 5.56 Å². The number of fused-ring (bicyclic) bond motifs is 2. The molecule has 5 rings (SSSR count). The van der Waals surface area contributed by atoms with Gasteiger partial charge in [-0.1, -0.05) is 18.2 Å². The number of carbonyl (C=O) groups excluding carboxylic acids is 1. The number of aromatic nitrogens is 5. The van der Waals surface area contributed by atoms with Gasteiger partial charge < -0.3 is 13.7 Å². The molecule has 0 saturated heterocycles. The highest BCUT2D eigenvalue weighted by atomic mass is 16.5. The van der Waals surface area contributed by atoms with Crippen molar-refractivity contribution in [3.8, 4) is 11.5 Å². The second kappa shape index (κ2) is 8.47. The molecule has 0 spiro atoms. The Balaban J connectivity index is 1.36. The van der Waals surface area contributed by atoms with E-state index in [4.69, 9.17) is 9.15 Å². The van der Waals surface area contributed by atoms with Crippen LogP contribution in [0.2, 0.25) is 0 Å². The number of rotatable bonds is 6. The minimum atomic E-state index is -0.520. The molecule has 0 amide bonds. The fraction of sp³-hybridized carbons (Fsp3) is 0.208. The zero-order chi connectivity index (χ0) is 23.8. The smallest absolute Gasteiger partial charge is 0.338 e. The van der Waals surface area contributed by atoms with E-state index in [0.717, 1.165) is 4.57 Å². The molecule has 0 saturated carbocycles. The fourth-order valence-corrected chi connectivity index (χ4v) is 3.95. The first-order chi connectivity index (χ1) is 16.5. The summed E-state index contributed by atoms with van der Waals surface area (Å²) >= 11 is 0. The topological polar surface area (TPSA) is 114 Å². The monoisotopic (exact) mass is 459 g/mol. The van der Waals surface area contributed by atoms with E-state index < -0.39 is 17.2 Å². The van der Waals surface area contributed by atoms with Gasteiger partial charge in [0.15, 0.2) is 16.9 Å². The Morgan fingerprint density at radius 1 is 1.12 bits per heavy atom. The third-order valence-electron chi connectivity index (χ3n) is 5.67. The molecule has 10 heteroatoms. The highest BCUT2D eigenvalue weighted by Crippen LogP contribution is 2.25. The van der Waals surface area contributed by atoms with Gasteiger partial charge in [-0.15, -0.1) is 0 Å². The lowest BCUT2D eigenvalue weighted by Crippen LogP contribution is -2.39. The zero-order valence-corrected chi connectivity index (χ0v) is 18.6. The Hall–Kier alpha value is -4.47. The van der Waals surface area contributed by atoms with E-state index in [2.05, 4.69) is 9.97 Å². The first kappa shape index (κ1) is 21.4. The number of ether oxygens (including phenoxy) is 1. The van der Waals surface area contributed by atoms with Crippen LogP contribution < -0.4 is 11.2 Å². The molecule has 172 valence electrons. The van der Waals surface area contributed by atoms with Gasteiger partial charge in [0, 0.05) is 26.0 Å². The molecule has 0 N–H and O–H groups in total. The van der Waals surface area contributed by atoms with Crippen LogP contribution in [-0.2, 0) is 25.4 Å². The van der Waals surface area contributed by atoms with Crippen molar-refractivity contribution < 1.29 is 13.9 Å². The van der Waals surface area contributed by atoms with Gasteiger partial charge in [0.05, 0.1) is 30.3 Å². The normalized spacial score (nSPS) is 11.4. The van der Waals surface area contributed by atoms with E-state index in [1.54, 1.807) is 49.2 Å². The third kappa shape index (κ3) is 3.58. The molecule has 5 aromatic rings. The van der Waals surface area contributed by atoms with Gasteiger partial charge in [-0.25, -0.2) is 19.6 Å². The van der Waals surface area contributed by atoms with E-state index in [0.29, 0.717) is 39.1 Å². The van der Waals surface area contributed by atoms with Crippen LogP contribution in [0.4, 0.5) is 0 Å². The number of imidazole rings is 1. The van der Waals surface area contributed by atoms with E-state index in [-0.39, 0.29) is 19.6 Å². The maximum atomic E-state index is 12.9. The maximum Gasteiger partial charge on any atom is 0.338 e. The zero-order valence-electron chi connectivity index (χ0n) is 18.6. The second-order valence-electron chi connectivity index (χ2n) is 7.87. The molecule has 34 heavy (non-hydrogen) atoms. The average Bonchev–Trinajstić information content (AvgIpc) is 3.51. The second-order valence-corrected chi connectivity index (χ2v) is 7.87. The number of nitrogens with zero attached hydrogens (tertiary/aromatic N) is 5. The van der Waals surface area contributed by atoms with Crippen LogP contribution in [0.25, 0.3) is 33.5 Å². The lowest BCUT2D eigenvalue weighted by molar-refractivity contribution is 0.0497. The standard InChI is InChI=1S/C24H21N5O5/c1-27-14-25-21-20(27)22(30)29(24(32)28(21)2)10-6-12-34-23(31)16-13-18(19-9-5-11-33-19)26-17-8-4-3-7-15(16)17/h3-5,7-9,11,13-14H,6,10,12H2,1-2H3. The van der Waals surface area contributed by atoms with Crippen molar-refractivity contribution >= 4 is 28.0 Å². The number of esters is 1. The summed E-state index contributed by atoms with van der Waals surface area (Å²) in [5.74, 6) is 0.0225. The number of furan rings is 1. The number of carbonyl (C=O) groups is 1. The number of hydrogen-bond acceptors (Lipinski definition) is 7. The number of para-hydroxylation sites is 1. The van der Waals surface area contributed by atoms with Crippen LogP contribution in [0.1, 0.15) is 16.8 Å². The van der Waals surface area contributed by atoms with Gasteiger partial charge >= 0.3 is 11.7 Å². The first-order valence-electron chi connectivity index (χ1n) is 10.7. The number of hydrogen-bond donors (Lipinski definition) is 0. The largest absolute Gasteiger partial charge is 0.463 e. The van der Waals surface area contributed by atoms with Crippen molar-refractivity contribution in [2.45, 2.75) is 13.0 Å². The molecule has 0 unspecified atom stereocenters. The molecule has 0 aliphatic heterocycles. The van der Waals surface area contributed by atoms with Crippen LogP contribution in [0.15, 0.2) is 69.1 Å². The van der Waals surface area contributed by atoms with Gasteiger partial charge in [0.2, 0.25) is 0 Å². The van der Waals surface area contributed by atoms with Crippen molar-refractivity contribution in [3.63, 3.8) is 0 Å². The first-order valence-corrected chi connectivity index (χ1v) is 10.7. The van der Waals surface area contributed by atoms with Gasteiger partial charge in [0.1, 0.15) is 5.69 Å². The Morgan fingerprint density at radius 2 is 1.94 bits per heavy atom. The molecule has 0 fully saturated rings. The third-order valence-corrected chi connectivity index (χ3v) is 5.67. The minimum Gasteiger partial charge on any atom is -0.463 e. The summed E-state index contributed by atoms with van der Waals surface area (Å²) in [6.45, 7) is 0.138. The van der Waals surface area contributed by atoms with E-state index in [1.165, 1.54) is 10.9 Å². The number of benzene rings is 1. The van der Waals surface area contributed by atoms with Gasteiger partial charge in [-0.3, -0.25) is 13.9 Å². The van der Waals surface area contributed by atoms with Crippen molar-refractivity contribution in [1.82, 2.24) is 23.7 Å². The summed E-state index contributed by atoms with van der Waals surface area (Å²) < 4.78 is 15.0. The highest BCUT2D eigenvalue weighted by Gasteiger charge is 2.17. The maximum absolute atomic E-state index is 12.9. The SMILES string of the molecule is Cn1cnc2c1c(=O)n(CCCOC(=O)c1cc(-c3ccco3)nc3ccccc13)c(=O)n2C. The average molecular weight is 459 g/mol. The molecule has 4 aromatic heterocycles. The predicted octanol–water partition coefficient (Wildman–Crippen LogP) is 2.49. The Bertz CT molecular complexity index is 1640. The molecule has 0 aliphatic rings. The lowest BCUT2D eigenvalue weighted by Gasteiger charge is -2.10. The molecule has 0 bridgehead atoms. The molecule has 1 aromatic carbocycles. The van der Waals surface area contributed by atoms with Crippen molar-refractivity contribution in [2.75, 3.05) is 6.61 Å². The Kier molecular flexibility index (Phi) is 5.33. The summed E-state index contributed by atoms with van der Waals surface area (Å²) in [7, 11) is 3.27. The van der Waals surface area contributed by atoms with Crippen molar-refractivity contribution in [1.29, 1.82) is 0 Å². The van der Waals surface area contributed by atoms with Crippen LogP contribution in [0, 0.1) is 0 Å². The Labute approximate surface area is 192 Å². The van der Waals surface area contributed by atoms with Gasteiger partial charge in [-0.05, 0) is 30.7 Å². The molecular weight excluding hydrogens is 438 g/mol. The highest BCUT2D eigenvalue weighted by molar-refractivity contribution is 6.04. The molecular formula is C24H21N5O5. The van der Waals surface area contributed by atoms with Gasteiger partial charge in [-0.2, -0.15) is 0 Å². The van der Waals surface area contributed by atoms with Crippen LogP contribution in [0.3, 0.4) is 0 Å². The number of pyridine rings is 1. The van der Waals surface area contributed by atoms with Crippen molar-refractivity contribution in [3.05, 3.63) is 81.5 Å². The lowest BCUT2D eigenvalue weighted by atomic mass is 10.1. The molecule has 0 radical (unpaired) electrons. The molecule has 4 heterocycles. The van der Waals surface area contributed by atoms with E-state index in [1.807, 2.05) is 18.2 Å².